The van der Waals surface area contributed by atoms with Crippen molar-refractivity contribution in [1.82, 2.24) is 9.88 Å². The van der Waals surface area contributed by atoms with Gasteiger partial charge >= 0.3 is 0 Å². The third kappa shape index (κ3) is 3.66. The topological polar surface area (TPSA) is 42.1 Å². The van der Waals surface area contributed by atoms with Crippen molar-refractivity contribution in [3.05, 3.63) is 42.1 Å². The molecule has 0 unspecified atom stereocenters. The molecule has 0 fully saturated rings. The number of halogens is 1. The van der Waals surface area contributed by atoms with Crippen LogP contribution in [0.25, 0.3) is 10.9 Å². The van der Waals surface area contributed by atoms with Crippen LogP contribution in [-0.4, -0.2) is 30.0 Å². The summed E-state index contributed by atoms with van der Waals surface area (Å²) in [7, 11) is 2.06. The van der Waals surface area contributed by atoms with Crippen molar-refractivity contribution in [3.63, 3.8) is 0 Å². The first-order valence-electron chi connectivity index (χ1n) is 5.53. The summed E-state index contributed by atoms with van der Waals surface area (Å²) in [5.41, 5.74) is 7.66. The van der Waals surface area contributed by atoms with Gasteiger partial charge in [-0.25, -0.2) is 0 Å². The van der Waals surface area contributed by atoms with E-state index in [1.807, 2.05) is 18.2 Å². The molecular weight excluding hydrogens is 234 g/mol. The Balaban J connectivity index is 0.00000144. The molecule has 0 radical (unpaired) electrons. The van der Waals surface area contributed by atoms with Crippen LogP contribution in [0.1, 0.15) is 5.69 Å². The lowest BCUT2D eigenvalue weighted by atomic mass is 10.2. The Morgan fingerprint density at radius 3 is 2.71 bits per heavy atom. The molecule has 2 rings (SSSR count). The predicted octanol–water partition coefficient (Wildman–Crippen LogP) is 2.05. The van der Waals surface area contributed by atoms with E-state index in [0.29, 0.717) is 6.54 Å². The van der Waals surface area contributed by atoms with Crippen molar-refractivity contribution < 1.29 is 0 Å². The number of pyridine rings is 1. The number of nitrogens with zero attached hydrogens (tertiary/aromatic N) is 2. The predicted molar refractivity (Wildman–Crippen MR) is 74.4 cm³/mol. The van der Waals surface area contributed by atoms with Crippen LogP contribution < -0.4 is 5.73 Å². The van der Waals surface area contributed by atoms with Gasteiger partial charge in [0.05, 0.1) is 11.2 Å². The van der Waals surface area contributed by atoms with E-state index in [4.69, 9.17) is 5.73 Å². The van der Waals surface area contributed by atoms with E-state index in [0.717, 1.165) is 24.3 Å². The average Bonchev–Trinajstić information content (AvgIpc) is 2.29. The fourth-order valence-electron chi connectivity index (χ4n) is 1.77. The summed E-state index contributed by atoms with van der Waals surface area (Å²) in [4.78, 5) is 6.79. The smallest absolute Gasteiger partial charge is 0.0705 e. The maximum Gasteiger partial charge on any atom is 0.0705 e. The van der Waals surface area contributed by atoms with Crippen molar-refractivity contribution in [2.75, 3.05) is 20.1 Å². The summed E-state index contributed by atoms with van der Waals surface area (Å²) >= 11 is 0. The van der Waals surface area contributed by atoms with Crippen molar-refractivity contribution in [3.8, 4) is 0 Å². The molecule has 0 aliphatic rings. The highest BCUT2D eigenvalue weighted by molar-refractivity contribution is 5.85. The number of fused-ring (bicyclic) bond motifs is 1. The quantitative estimate of drug-likeness (QED) is 0.904. The van der Waals surface area contributed by atoms with E-state index in [9.17, 15) is 0 Å². The third-order valence-corrected chi connectivity index (χ3v) is 2.60. The highest BCUT2D eigenvalue weighted by Crippen LogP contribution is 2.12. The number of hydrogen-bond acceptors (Lipinski definition) is 3. The van der Waals surface area contributed by atoms with Gasteiger partial charge in [0.25, 0.3) is 0 Å². The molecule has 0 amide bonds. The number of likely N-dealkylation sites (N-methyl/N-ethyl adjacent to an activating group) is 1. The van der Waals surface area contributed by atoms with E-state index in [-0.39, 0.29) is 12.4 Å². The van der Waals surface area contributed by atoms with E-state index in [2.05, 4.69) is 35.1 Å². The Kier molecular flexibility index (Phi) is 5.35. The van der Waals surface area contributed by atoms with Gasteiger partial charge in [0.15, 0.2) is 0 Å². The third-order valence-electron chi connectivity index (χ3n) is 2.60. The van der Waals surface area contributed by atoms with Crippen LogP contribution >= 0.6 is 12.4 Å². The number of para-hydroxylation sites is 1. The number of benzene rings is 1. The lowest BCUT2D eigenvalue weighted by molar-refractivity contribution is 0.332. The molecule has 1 aromatic heterocycles. The molecule has 0 atom stereocenters. The molecule has 1 aromatic carbocycles. The zero-order valence-electron chi connectivity index (χ0n) is 9.97. The minimum absolute atomic E-state index is 0. The standard InChI is InChI=1S/C13H17N3.ClH/c1-16(9-8-14)10-12-7-6-11-4-2-3-5-13(11)15-12;/h2-7H,8-10,14H2,1H3;1H. The van der Waals surface area contributed by atoms with Crippen molar-refractivity contribution in [2.24, 2.45) is 5.73 Å². The number of hydrogen-bond donors (Lipinski definition) is 1. The first kappa shape index (κ1) is 13.9. The zero-order chi connectivity index (χ0) is 11.4. The van der Waals surface area contributed by atoms with Crippen LogP contribution in [0.15, 0.2) is 36.4 Å². The molecule has 17 heavy (non-hydrogen) atoms. The highest BCUT2D eigenvalue weighted by atomic mass is 35.5. The number of nitrogens with two attached hydrogens (primary N) is 1. The van der Waals surface area contributed by atoms with Gasteiger partial charge in [0, 0.05) is 25.0 Å². The minimum atomic E-state index is 0. The summed E-state index contributed by atoms with van der Waals surface area (Å²) in [6, 6.07) is 12.4. The van der Waals surface area contributed by atoms with Crippen LogP contribution in [0.2, 0.25) is 0 Å². The van der Waals surface area contributed by atoms with Gasteiger partial charge in [-0.3, -0.25) is 9.88 Å². The van der Waals surface area contributed by atoms with E-state index in [1.54, 1.807) is 0 Å². The van der Waals surface area contributed by atoms with Gasteiger partial charge in [-0.1, -0.05) is 24.3 Å². The fraction of sp³-hybridized carbons (Fsp3) is 0.308. The van der Waals surface area contributed by atoms with Gasteiger partial charge in [-0.2, -0.15) is 0 Å². The molecule has 0 aliphatic carbocycles. The second-order valence-corrected chi connectivity index (χ2v) is 4.02. The maximum absolute atomic E-state index is 5.51. The van der Waals surface area contributed by atoms with Crippen LogP contribution in [0, 0.1) is 0 Å². The maximum atomic E-state index is 5.51. The molecule has 3 nitrogen and oxygen atoms in total. The summed E-state index contributed by atoms with van der Waals surface area (Å²) in [5, 5.41) is 1.19. The molecule has 0 saturated heterocycles. The second kappa shape index (κ2) is 6.55. The molecule has 0 bridgehead atoms. The average molecular weight is 252 g/mol. The molecule has 92 valence electrons. The van der Waals surface area contributed by atoms with Gasteiger partial charge < -0.3 is 5.73 Å². The molecule has 0 spiro atoms. The molecular formula is C13H18ClN3. The largest absolute Gasteiger partial charge is 0.329 e. The Hall–Kier alpha value is -1.16. The number of aromatic nitrogens is 1. The molecule has 4 heteroatoms. The van der Waals surface area contributed by atoms with Gasteiger partial charge in [-0.15, -0.1) is 12.4 Å². The normalized spacial score (nSPS) is 10.5. The van der Waals surface area contributed by atoms with Crippen molar-refractivity contribution in [1.29, 1.82) is 0 Å². The Labute approximate surface area is 108 Å². The second-order valence-electron chi connectivity index (χ2n) is 4.02. The molecule has 1 heterocycles. The zero-order valence-corrected chi connectivity index (χ0v) is 10.8. The minimum Gasteiger partial charge on any atom is -0.329 e. The Morgan fingerprint density at radius 1 is 1.18 bits per heavy atom. The van der Waals surface area contributed by atoms with Crippen LogP contribution in [0.3, 0.4) is 0 Å². The molecule has 0 aliphatic heterocycles. The van der Waals surface area contributed by atoms with Gasteiger partial charge in [0.2, 0.25) is 0 Å². The van der Waals surface area contributed by atoms with E-state index in [1.165, 1.54) is 5.39 Å². The van der Waals surface area contributed by atoms with Gasteiger partial charge in [-0.05, 0) is 19.2 Å². The summed E-state index contributed by atoms with van der Waals surface area (Å²) in [6.45, 7) is 2.43. The Morgan fingerprint density at radius 2 is 1.94 bits per heavy atom. The van der Waals surface area contributed by atoms with Gasteiger partial charge in [0.1, 0.15) is 0 Å². The summed E-state index contributed by atoms with van der Waals surface area (Å²) in [5.74, 6) is 0. The first-order chi connectivity index (χ1) is 7.79. The lowest BCUT2D eigenvalue weighted by Crippen LogP contribution is -2.25. The monoisotopic (exact) mass is 251 g/mol. The van der Waals surface area contributed by atoms with Crippen molar-refractivity contribution in [2.45, 2.75) is 6.54 Å². The summed E-state index contributed by atoms with van der Waals surface area (Å²) in [6.07, 6.45) is 0. The van der Waals surface area contributed by atoms with E-state index < -0.39 is 0 Å². The van der Waals surface area contributed by atoms with Crippen LogP contribution in [0.5, 0.6) is 0 Å². The van der Waals surface area contributed by atoms with Crippen LogP contribution in [0.4, 0.5) is 0 Å². The van der Waals surface area contributed by atoms with Crippen molar-refractivity contribution >= 4 is 23.3 Å². The van der Waals surface area contributed by atoms with E-state index >= 15 is 0 Å². The SMILES string of the molecule is CN(CCN)Cc1ccc2ccccc2n1.Cl. The number of rotatable bonds is 4. The lowest BCUT2D eigenvalue weighted by Gasteiger charge is -2.14. The molecule has 2 aromatic rings. The fourth-order valence-corrected chi connectivity index (χ4v) is 1.77. The summed E-state index contributed by atoms with van der Waals surface area (Å²) < 4.78 is 0. The Bertz CT molecular complexity index is 473. The highest BCUT2D eigenvalue weighted by Gasteiger charge is 2.01. The molecule has 0 saturated carbocycles. The van der Waals surface area contributed by atoms with Crippen LogP contribution in [-0.2, 0) is 6.54 Å². The first-order valence-corrected chi connectivity index (χ1v) is 5.53. The molecule has 2 N–H and O–H groups in total.